The van der Waals surface area contributed by atoms with E-state index in [1.165, 1.54) is 6.07 Å². The van der Waals surface area contributed by atoms with Crippen LogP contribution in [0.4, 0.5) is 10.2 Å². The molecule has 3 aromatic heterocycles. The summed E-state index contributed by atoms with van der Waals surface area (Å²) in [4.78, 5) is 18.1. The van der Waals surface area contributed by atoms with Gasteiger partial charge < -0.3 is 9.80 Å². The van der Waals surface area contributed by atoms with E-state index < -0.39 is 0 Å². The van der Waals surface area contributed by atoms with E-state index in [2.05, 4.69) is 45.0 Å². The Morgan fingerprint density at radius 2 is 1.53 bits per heavy atom. The van der Waals surface area contributed by atoms with Crippen molar-refractivity contribution >= 4 is 5.82 Å². The van der Waals surface area contributed by atoms with Gasteiger partial charge in [-0.3, -0.25) is 9.97 Å². The number of piperazine rings is 1. The predicted molar refractivity (Wildman–Crippen MR) is 126 cm³/mol. The minimum atomic E-state index is -0.282. The zero-order valence-electron chi connectivity index (χ0n) is 17.9. The predicted octanol–water partition coefficient (Wildman–Crippen LogP) is 4.76. The number of pyridine rings is 3. The zero-order valence-corrected chi connectivity index (χ0v) is 17.9. The van der Waals surface area contributed by atoms with Crippen LogP contribution in [0, 0.1) is 5.82 Å². The molecule has 1 saturated heterocycles. The SMILES string of the molecule is CN1CCN(c2ccc(-c3cncc(-c4ccnc(-c5ccccc5F)c4)c3)cn2)CC1. The van der Waals surface area contributed by atoms with Crippen LogP contribution in [-0.4, -0.2) is 53.1 Å². The Hall–Kier alpha value is -3.64. The van der Waals surface area contributed by atoms with E-state index in [0.29, 0.717) is 11.3 Å². The number of hydrogen-bond donors (Lipinski definition) is 0. The van der Waals surface area contributed by atoms with Gasteiger partial charge in [0.15, 0.2) is 0 Å². The maximum atomic E-state index is 14.2. The first-order valence-corrected chi connectivity index (χ1v) is 10.7. The maximum absolute atomic E-state index is 14.2. The second-order valence-electron chi connectivity index (χ2n) is 8.07. The number of nitrogens with zero attached hydrogens (tertiary/aromatic N) is 5. The minimum Gasteiger partial charge on any atom is -0.354 e. The Labute approximate surface area is 187 Å². The zero-order chi connectivity index (χ0) is 21.9. The van der Waals surface area contributed by atoms with Crippen LogP contribution >= 0.6 is 0 Å². The van der Waals surface area contributed by atoms with Crippen LogP contribution < -0.4 is 4.90 Å². The van der Waals surface area contributed by atoms with Crippen molar-refractivity contribution in [2.75, 3.05) is 38.1 Å². The molecule has 1 fully saturated rings. The molecular formula is C26H24FN5. The number of benzene rings is 1. The second kappa shape index (κ2) is 8.85. The minimum absolute atomic E-state index is 0.282. The molecule has 1 aromatic carbocycles. The van der Waals surface area contributed by atoms with E-state index in [4.69, 9.17) is 4.98 Å². The quantitative estimate of drug-likeness (QED) is 0.472. The lowest BCUT2D eigenvalue weighted by molar-refractivity contribution is 0.312. The van der Waals surface area contributed by atoms with Crippen molar-refractivity contribution in [2.45, 2.75) is 0 Å². The van der Waals surface area contributed by atoms with Gasteiger partial charge >= 0.3 is 0 Å². The maximum Gasteiger partial charge on any atom is 0.132 e. The molecule has 0 N–H and O–H groups in total. The van der Waals surface area contributed by atoms with Crippen LogP contribution in [0.1, 0.15) is 0 Å². The van der Waals surface area contributed by atoms with E-state index in [-0.39, 0.29) is 5.82 Å². The summed E-state index contributed by atoms with van der Waals surface area (Å²) in [6.45, 7) is 4.09. The summed E-state index contributed by atoms with van der Waals surface area (Å²) < 4.78 is 14.2. The molecule has 5 rings (SSSR count). The molecule has 0 saturated carbocycles. The van der Waals surface area contributed by atoms with Crippen LogP contribution in [0.25, 0.3) is 33.5 Å². The van der Waals surface area contributed by atoms with Gasteiger partial charge in [-0.25, -0.2) is 9.37 Å². The monoisotopic (exact) mass is 425 g/mol. The first-order valence-electron chi connectivity index (χ1n) is 10.7. The molecule has 0 spiro atoms. The number of hydrogen-bond acceptors (Lipinski definition) is 5. The summed E-state index contributed by atoms with van der Waals surface area (Å²) in [7, 11) is 2.15. The second-order valence-corrected chi connectivity index (χ2v) is 8.07. The molecule has 4 heterocycles. The molecule has 1 aliphatic heterocycles. The Morgan fingerprint density at radius 1 is 0.750 bits per heavy atom. The molecular weight excluding hydrogens is 401 g/mol. The lowest BCUT2D eigenvalue weighted by Gasteiger charge is -2.33. The van der Waals surface area contributed by atoms with Crippen molar-refractivity contribution < 1.29 is 4.39 Å². The summed E-state index contributed by atoms with van der Waals surface area (Å²) in [5, 5.41) is 0. The third-order valence-corrected chi connectivity index (χ3v) is 5.89. The molecule has 6 heteroatoms. The standard InChI is InChI=1S/C26H24FN5/c1-31-10-12-32(13-11-31)26-7-6-20(18-30-26)22-14-21(16-28-17-22)19-8-9-29-25(15-19)23-4-2-3-5-24(23)27/h2-9,14-18H,10-13H2,1H3. The van der Waals surface area contributed by atoms with Gasteiger partial charge in [-0.05, 0) is 55.1 Å². The third kappa shape index (κ3) is 4.22. The van der Waals surface area contributed by atoms with Gasteiger partial charge in [-0.1, -0.05) is 12.1 Å². The van der Waals surface area contributed by atoms with Crippen molar-refractivity contribution in [2.24, 2.45) is 0 Å². The van der Waals surface area contributed by atoms with Gasteiger partial charge in [-0.2, -0.15) is 0 Å². The Morgan fingerprint density at radius 3 is 2.28 bits per heavy atom. The van der Waals surface area contributed by atoms with Crippen molar-refractivity contribution in [1.29, 1.82) is 0 Å². The van der Waals surface area contributed by atoms with Crippen LogP contribution in [0.2, 0.25) is 0 Å². The van der Waals surface area contributed by atoms with Crippen LogP contribution in [0.15, 0.2) is 79.4 Å². The van der Waals surface area contributed by atoms with Gasteiger partial charge in [-0.15, -0.1) is 0 Å². The number of halogens is 1. The lowest BCUT2D eigenvalue weighted by atomic mass is 10.0. The molecule has 160 valence electrons. The Kier molecular flexibility index (Phi) is 5.60. The normalized spacial score (nSPS) is 14.5. The van der Waals surface area contributed by atoms with Crippen LogP contribution in [0.5, 0.6) is 0 Å². The number of rotatable bonds is 4. The summed E-state index contributed by atoms with van der Waals surface area (Å²) in [6, 6.07) is 16.8. The molecule has 5 nitrogen and oxygen atoms in total. The average molecular weight is 426 g/mol. The fraction of sp³-hybridized carbons (Fsp3) is 0.192. The highest BCUT2D eigenvalue weighted by Crippen LogP contribution is 2.29. The van der Waals surface area contributed by atoms with Crippen molar-refractivity contribution in [3.63, 3.8) is 0 Å². The van der Waals surface area contributed by atoms with E-state index in [1.54, 1.807) is 18.3 Å². The van der Waals surface area contributed by atoms with Crippen molar-refractivity contribution in [3.05, 3.63) is 85.2 Å². The average Bonchev–Trinajstić information content (AvgIpc) is 2.85. The first-order chi connectivity index (χ1) is 15.7. The largest absolute Gasteiger partial charge is 0.354 e. The van der Waals surface area contributed by atoms with Gasteiger partial charge in [0.25, 0.3) is 0 Å². The third-order valence-electron chi connectivity index (χ3n) is 5.89. The molecule has 0 aliphatic carbocycles. The van der Waals surface area contributed by atoms with Gasteiger partial charge in [0.1, 0.15) is 11.6 Å². The highest BCUT2D eigenvalue weighted by molar-refractivity contribution is 5.74. The summed E-state index contributed by atoms with van der Waals surface area (Å²) >= 11 is 0. The number of anilines is 1. The lowest BCUT2D eigenvalue weighted by Crippen LogP contribution is -2.44. The smallest absolute Gasteiger partial charge is 0.132 e. The molecule has 1 aliphatic rings. The molecule has 0 radical (unpaired) electrons. The fourth-order valence-electron chi connectivity index (χ4n) is 3.96. The van der Waals surface area contributed by atoms with Gasteiger partial charge in [0.05, 0.1) is 5.69 Å². The molecule has 32 heavy (non-hydrogen) atoms. The van der Waals surface area contributed by atoms with Gasteiger partial charge in [0, 0.05) is 73.2 Å². The highest BCUT2D eigenvalue weighted by atomic mass is 19.1. The van der Waals surface area contributed by atoms with Crippen LogP contribution in [-0.2, 0) is 0 Å². The van der Waals surface area contributed by atoms with E-state index in [0.717, 1.165) is 54.3 Å². The van der Waals surface area contributed by atoms with Crippen molar-refractivity contribution in [3.8, 4) is 33.5 Å². The summed E-state index contributed by atoms with van der Waals surface area (Å²) in [5.74, 6) is 0.727. The first kappa shape index (κ1) is 20.3. The molecule has 0 atom stereocenters. The van der Waals surface area contributed by atoms with E-state index in [9.17, 15) is 4.39 Å². The topological polar surface area (TPSA) is 45.2 Å². The number of likely N-dealkylation sites (N-methyl/N-ethyl adjacent to an activating group) is 1. The van der Waals surface area contributed by atoms with Crippen molar-refractivity contribution in [1.82, 2.24) is 19.9 Å². The van der Waals surface area contributed by atoms with Crippen LogP contribution in [0.3, 0.4) is 0 Å². The fourth-order valence-corrected chi connectivity index (χ4v) is 3.96. The Bertz CT molecular complexity index is 1220. The highest BCUT2D eigenvalue weighted by Gasteiger charge is 2.15. The molecule has 0 amide bonds. The van der Waals surface area contributed by atoms with Gasteiger partial charge in [0.2, 0.25) is 0 Å². The molecule has 0 unspecified atom stereocenters. The Balaban J connectivity index is 1.41. The summed E-state index contributed by atoms with van der Waals surface area (Å²) in [6.07, 6.45) is 7.27. The number of aromatic nitrogens is 3. The summed E-state index contributed by atoms with van der Waals surface area (Å²) in [5.41, 5.74) is 4.98. The van der Waals surface area contributed by atoms with E-state index in [1.807, 2.05) is 36.8 Å². The molecule has 0 bridgehead atoms. The van der Waals surface area contributed by atoms with E-state index >= 15 is 0 Å². The molecule has 4 aromatic rings.